The second-order valence-electron chi connectivity index (χ2n) is 5.29. The Morgan fingerprint density at radius 1 is 1.35 bits per heavy atom. The number of nitrogens with two attached hydrogens (primary N) is 1. The third-order valence-corrected chi connectivity index (χ3v) is 2.97. The molecule has 6 heteroatoms. The molecule has 1 amide bonds. The number of nitro benzene ring substituents is 1. The van der Waals surface area contributed by atoms with E-state index in [1.165, 1.54) is 24.3 Å². The SMILES string of the molecule is CC(C)CC(CN)CC(=O)Nc1ccc([N+](=O)[O-])cc1. The number of hydrogen-bond acceptors (Lipinski definition) is 4. The predicted octanol–water partition coefficient (Wildman–Crippen LogP) is 2.54. The molecule has 0 heterocycles. The Bertz CT molecular complexity index is 457. The molecule has 6 nitrogen and oxygen atoms in total. The van der Waals surface area contributed by atoms with Gasteiger partial charge in [-0.1, -0.05) is 13.8 Å². The normalized spacial score (nSPS) is 12.2. The van der Waals surface area contributed by atoms with Crippen LogP contribution < -0.4 is 11.1 Å². The van der Waals surface area contributed by atoms with Crippen LogP contribution in [0.2, 0.25) is 0 Å². The summed E-state index contributed by atoms with van der Waals surface area (Å²) >= 11 is 0. The summed E-state index contributed by atoms with van der Waals surface area (Å²) in [5.41, 5.74) is 6.22. The zero-order chi connectivity index (χ0) is 15.1. The molecule has 0 saturated carbocycles. The molecule has 1 unspecified atom stereocenters. The second kappa shape index (κ2) is 7.59. The van der Waals surface area contributed by atoms with Gasteiger partial charge in [-0.3, -0.25) is 14.9 Å². The average Bonchev–Trinajstić information content (AvgIpc) is 2.37. The molecule has 1 rings (SSSR count). The fourth-order valence-electron chi connectivity index (χ4n) is 2.07. The van der Waals surface area contributed by atoms with Gasteiger partial charge in [0, 0.05) is 24.2 Å². The number of hydrogen-bond donors (Lipinski definition) is 2. The van der Waals surface area contributed by atoms with Gasteiger partial charge in [0.05, 0.1) is 4.92 Å². The van der Waals surface area contributed by atoms with Crippen molar-refractivity contribution >= 4 is 17.3 Å². The van der Waals surface area contributed by atoms with Crippen molar-refractivity contribution in [1.82, 2.24) is 0 Å². The van der Waals surface area contributed by atoms with E-state index >= 15 is 0 Å². The van der Waals surface area contributed by atoms with Crippen molar-refractivity contribution in [1.29, 1.82) is 0 Å². The van der Waals surface area contributed by atoms with E-state index in [1.807, 2.05) is 0 Å². The molecule has 1 aromatic carbocycles. The van der Waals surface area contributed by atoms with Crippen molar-refractivity contribution < 1.29 is 9.72 Å². The molecule has 0 saturated heterocycles. The molecule has 0 bridgehead atoms. The number of nitro groups is 1. The number of non-ortho nitro benzene ring substituents is 1. The van der Waals surface area contributed by atoms with Crippen molar-refractivity contribution in [3.05, 3.63) is 34.4 Å². The molecule has 0 aliphatic rings. The number of carbonyl (C=O) groups excluding carboxylic acids is 1. The molecule has 0 spiro atoms. The van der Waals surface area contributed by atoms with E-state index in [-0.39, 0.29) is 17.5 Å². The highest BCUT2D eigenvalue weighted by atomic mass is 16.6. The fourth-order valence-corrected chi connectivity index (χ4v) is 2.07. The summed E-state index contributed by atoms with van der Waals surface area (Å²) in [7, 11) is 0. The Balaban J connectivity index is 2.55. The van der Waals surface area contributed by atoms with Gasteiger partial charge in [0.2, 0.25) is 5.91 Å². The van der Waals surface area contributed by atoms with Crippen LogP contribution in [-0.2, 0) is 4.79 Å². The summed E-state index contributed by atoms with van der Waals surface area (Å²) in [4.78, 5) is 21.9. The highest BCUT2D eigenvalue weighted by Gasteiger charge is 2.14. The molecule has 0 fully saturated rings. The first-order chi connectivity index (χ1) is 9.42. The monoisotopic (exact) mass is 279 g/mol. The van der Waals surface area contributed by atoms with Gasteiger partial charge >= 0.3 is 0 Å². The molecule has 110 valence electrons. The van der Waals surface area contributed by atoms with Crippen LogP contribution in [-0.4, -0.2) is 17.4 Å². The quantitative estimate of drug-likeness (QED) is 0.592. The molecule has 1 atom stereocenters. The van der Waals surface area contributed by atoms with Gasteiger partial charge in [-0.05, 0) is 36.9 Å². The second-order valence-corrected chi connectivity index (χ2v) is 5.29. The van der Waals surface area contributed by atoms with Gasteiger partial charge in [0.1, 0.15) is 0 Å². The lowest BCUT2D eigenvalue weighted by molar-refractivity contribution is -0.384. The predicted molar refractivity (Wildman–Crippen MR) is 78.3 cm³/mol. The Hall–Kier alpha value is -1.95. The maximum Gasteiger partial charge on any atom is 0.269 e. The minimum atomic E-state index is -0.474. The highest BCUT2D eigenvalue weighted by Crippen LogP contribution is 2.18. The average molecular weight is 279 g/mol. The summed E-state index contributed by atoms with van der Waals surface area (Å²) in [6.45, 7) is 4.67. The van der Waals surface area contributed by atoms with E-state index in [9.17, 15) is 14.9 Å². The Labute approximate surface area is 118 Å². The van der Waals surface area contributed by atoms with Crippen LogP contribution in [0.3, 0.4) is 0 Å². The van der Waals surface area contributed by atoms with Gasteiger partial charge in [-0.25, -0.2) is 0 Å². The summed E-state index contributed by atoms with van der Waals surface area (Å²) in [5, 5.41) is 13.3. The van der Waals surface area contributed by atoms with Crippen molar-refractivity contribution in [3.63, 3.8) is 0 Å². The number of benzene rings is 1. The minimum Gasteiger partial charge on any atom is -0.330 e. The standard InChI is InChI=1S/C14H21N3O3/c1-10(2)7-11(9-15)8-14(18)16-12-3-5-13(6-4-12)17(19)20/h3-6,10-11H,7-9,15H2,1-2H3,(H,16,18). The van der Waals surface area contributed by atoms with Gasteiger partial charge < -0.3 is 11.1 Å². The summed E-state index contributed by atoms with van der Waals surface area (Å²) < 4.78 is 0. The van der Waals surface area contributed by atoms with E-state index in [1.54, 1.807) is 0 Å². The van der Waals surface area contributed by atoms with Crippen LogP contribution in [0, 0.1) is 22.0 Å². The van der Waals surface area contributed by atoms with Crippen molar-refractivity contribution in [2.24, 2.45) is 17.6 Å². The van der Waals surface area contributed by atoms with Crippen LogP contribution in [0.5, 0.6) is 0 Å². The first kappa shape index (κ1) is 16.1. The van der Waals surface area contributed by atoms with Gasteiger partial charge in [0.15, 0.2) is 0 Å². The molecule has 0 aliphatic heterocycles. The zero-order valence-electron chi connectivity index (χ0n) is 11.8. The number of anilines is 1. The molecular weight excluding hydrogens is 258 g/mol. The van der Waals surface area contributed by atoms with E-state index in [0.29, 0.717) is 24.6 Å². The van der Waals surface area contributed by atoms with Crippen molar-refractivity contribution in [3.8, 4) is 0 Å². The molecule has 20 heavy (non-hydrogen) atoms. The van der Waals surface area contributed by atoms with Crippen molar-refractivity contribution in [2.45, 2.75) is 26.7 Å². The molecule has 0 aliphatic carbocycles. The number of nitrogens with one attached hydrogen (secondary N) is 1. The molecular formula is C14H21N3O3. The first-order valence-electron chi connectivity index (χ1n) is 6.66. The van der Waals surface area contributed by atoms with Crippen LogP contribution in [0.15, 0.2) is 24.3 Å². The zero-order valence-corrected chi connectivity index (χ0v) is 11.8. The molecule has 0 aromatic heterocycles. The number of carbonyl (C=O) groups is 1. The lowest BCUT2D eigenvalue weighted by Crippen LogP contribution is -2.23. The lowest BCUT2D eigenvalue weighted by atomic mass is 9.94. The van der Waals surface area contributed by atoms with Crippen LogP contribution in [0.25, 0.3) is 0 Å². The smallest absolute Gasteiger partial charge is 0.269 e. The van der Waals surface area contributed by atoms with Gasteiger partial charge in [-0.15, -0.1) is 0 Å². The highest BCUT2D eigenvalue weighted by molar-refractivity contribution is 5.90. The minimum absolute atomic E-state index is 0.00245. The summed E-state index contributed by atoms with van der Waals surface area (Å²) in [5.74, 6) is 0.540. The van der Waals surface area contributed by atoms with Gasteiger partial charge in [-0.2, -0.15) is 0 Å². The van der Waals surface area contributed by atoms with E-state index in [2.05, 4.69) is 19.2 Å². The number of amides is 1. The number of nitrogens with zero attached hydrogens (tertiary/aromatic N) is 1. The Morgan fingerprint density at radius 3 is 2.40 bits per heavy atom. The van der Waals surface area contributed by atoms with E-state index < -0.39 is 4.92 Å². The molecule has 1 aromatic rings. The third kappa shape index (κ3) is 5.36. The van der Waals surface area contributed by atoms with Crippen molar-refractivity contribution in [2.75, 3.05) is 11.9 Å². The summed E-state index contributed by atoms with van der Waals surface area (Å²) in [6.07, 6.45) is 1.27. The van der Waals surface area contributed by atoms with Crippen LogP contribution in [0.1, 0.15) is 26.7 Å². The van der Waals surface area contributed by atoms with E-state index in [4.69, 9.17) is 5.73 Å². The maximum absolute atomic E-state index is 11.9. The summed E-state index contributed by atoms with van der Waals surface area (Å²) in [6, 6.07) is 5.78. The first-order valence-corrected chi connectivity index (χ1v) is 6.66. The maximum atomic E-state index is 11.9. The Kier molecular flexibility index (Phi) is 6.11. The fraction of sp³-hybridized carbons (Fsp3) is 0.500. The Morgan fingerprint density at radius 2 is 1.95 bits per heavy atom. The third-order valence-electron chi connectivity index (χ3n) is 2.97. The van der Waals surface area contributed by atoms with Crippen LogP contribution in [0.4, 0.5) is 11.4 Å². The largest absolute Gasteiger partial charge is 0.330 e. The topological polar surface area (TPSA) is 98.3 Å². The number of rotatable bonds is 7. The van der Waals surface area contributed by atoms with E-state index in [0.717, 1.165) is 6.42 Å². The molecule has 0 radical (unpaired) electrons. The molecule has 3 N–H and O–H groups in total. The lowest BCUT2D eigenvalue weighted by Gasteiger charge is -2.16. The van der Waals surface area contributed by atoms with Crippen LogP contribution >= 0.6 is 0 Å². The van der Waals surface area contributed by atoms with Gasteiger partial charge in [0.25, 0.3) is 5.69 Å².